The van der Waals surface area contributed by atoms with Gasteiger partial charge < -0.3 is 14.4 Å². The van der Waals surface area contributed by atoms with Crippen LogP contribution in [0.3, 0.4) is 0 Å². The van der Waals surface area contributed by atoms with Crippen molar-refractivity contribution < 1.29 is 14.3 Å². The fourth-order valence-corrected chi connectivity index (χ4v) is 3.91. The third-order valence-electron chi connectivity index (χ3n) is 5.10. The Morgan fingerprint density at radius 2 is 1.89 bits per heavy atom. The van der Waals surface area contributed by atoms with E-state index in [9.17, 15) is 4.79 Å². The lowest BCUT2D eigenvalue weighted by atomic mass is 9.80. The van der Waals surface area contributed by atoms with Crippen molar-refractivity contribution in [2.45, 2.75) is 51.7 Å². The summed E-state index contributed by atoms with van der Waals surface area (Å²) in [6.45, 7) is 7.27. The maximum atomic E-state index is 12.8. The summed E-state index contributed by atoms with van der Waals surface area (Å²) in [5.41, 5.74) is 0.152. The summed E-state index contributed by atoms with van der Waals surface area (Å²) in [7, 11) is 0. The zero-order chi connectivity index (χ0) is 13.5. The van der Waals surface area contributed by atoms with E-state index in [2.05, 4.69) is 13.8 Å². The van der Waals surface area contributed by atoms with Crippen molar-refractivity contribution in [3.05, 3.63) is 0 Å². The molecule has 3 rings (SSSR count). The lowest BCUT2D eigenvalue weighted by Crippen LogP contribution is -2.53. The van der Waals surface area contributed by atoms with E-state index in [-0.39, 0.29) is 11.3 Å². The van der Waals surface area contributed by atoms with Crippen LogP contribution in [0.5, 0.6) is 0 Å². The van der Waals surface area contributed by atoms with Crippen LogP contribution in [0.1, 0.15) is 46.0 Å². The summed E-state index contributed by atoms with van der Waals surface area (Å²) in [5, 5.41) is 0. The zero-order valence-corrected chi connectivity index (χ0v) is 12.1. The molecule has 0 radical (unpaired) electrons. The predicted molar refractivity (Wildman–Crippen MR) is 71.6 cm³/mol. The second-order valence-corrected chi connectivity index (χ2v) is 6.90. The monoisotopic (exact) mass is 267 g/mol. The van der Waals surface area contributed by atoms with Crippen LogP contribution in [0.2, 0.25) is 0 Å². The van der Waals surface area contributed by atoms with Crippen LogP contribution in [0.4, 0.5) is 0 Å². The van der Waals surface area contributed by atoms with Gasteiger partial charge in [-0.2, -0.15) is 0 Å². The number of carbonyl (C=O) groups excluding carboxylic acids is 1. The van der Waals surface area contributed by atoms with E-state index in [4.69, 9.17) is 9.47 Å². The standard InChI is InChI=1S/C15H25NO3/c1-14(2)6-3-5-12(14)13(17)16-8-4-7-15(11-16)18-9-10-19-15/h12H,3-11H2,1-2H3. The van der Waals surface area contributed by atoms with Gasteiger partial charge in [0.05, 0.1) is 19.8 Å². The van der Waals surface area contributed by atoms with Crippen molar-refractivity contribution >= 4 is 5.91 Å². The molecule has 0 aromatic heterocycles. The van der Waals surface area contributed by atoms with E-state index in [1.54, 1.807) is 0 Å². The van der Waals surface area contributed by atoms with Crippen LogP contribution < -0.4 is 0 Å². The normalized spacial score (nSPS) is 32.9. The highest BCUT2D eigenvalue weighted by atomic mass is 16.7. The Balaban J connectivity index is 1.70. The minimum absolute atomic E-state index is 0.152. The van der Waals surface area contributed by atoms with E-state index in [1.807, 2.05) is 4.90 Å². The molecule has 1 amide bonds. The summed E-state index contributed by atoms with van der Waals surface area (Å²) in [6, 6.07) is 0. The third kappa shape index (κ3) is 2.40. The van der Waals surface area contributed by atoms with Gasteiger partial charge in [-0.25, -0.2) is 0 Å². The van der Waals surface area contributed by atoms with Gasteiger partial charge in [-0.15, -0.1) is 0 Å². The molecule has 1 unspecified atom stereocenters. The molecule has 3 fully saturated rings. The highest BCUT2D eigenvalue weighted by molar-refractivity contribution is 5.80. The van der Waals surface area contributed by atoms with E-state index >= 15 is 0 Å². The van der Waals surface area contributed by atoms with Crippen molar-refractivity contribution in [2.24, 2.45) is 11.3 Å². The zero-order valence-electron chi connectivity index (χ0n) is 12.1. The van der Waals surface area contributed by atoms with Gasteiger partial charge in [0, 0.05) is 18.9 Å². The summed E-state index contributed by atoms with van der Waals surface area (Å²) < 4.78 is 11.5. The first kappa shape index (κ1) is 13.4. The molecule has 2 heterocycles. The molecule has 1 saturated carbocycles. The summed E-state index contributed by atoms with van der Waals surface area (Å²) in [6.07, 6.45) is 5.28. The van der Waals surface area contributed by atoms with Gasteiger partial charge in [-0.05, 0) is 24.7 Å². The first-order chi connectivity index (χ1) is 9.03. The molecule has 2 saturated heterocycles. The van der Waals surface area contributed by atoms with Crippen LogP contribution in [-0.2, 0) is 14.3 Å². The summed E-state index contributed by atoms with van der Waals surface area (Å²) in [5.74, 6) is 0.0150. The molecule has 19 heavy (non-hydrogen) atoms. The van der Waals surface area contributed by atoms with Gasteiger partial charge in [0.1, 0.15) is 0 Å². The van der Waals surface area contributed by atoms with Gasteiger partial charge >= 0.3 is 0 Å². The number of piperidine rings is 1. The lowest BCUT2D eigenvalue weighted by Gasteiger charge is -2.41. The third-order valence-corrected chi connectivity index (χ3v) is 5.10. The molecular formula is C15H25NO3. The lowest BCUT2D eigenvalue weighted by molar-refractivity contribution is -0.195. The van der Waals surface area contributed by atoms with Crippen LogP contribution in [0.15, 0.2) is 0 Å². The Labute approximate surface area is 115 Å². The fraction of sp³-hybridized carbons (Fsp3) is 0.933. The first-order valence-electron chi connectivity index (χ1n) is 7.59. The van der Waals surface area contributed by atoms with Crippen molar-refractivity contribution in [1.82, 2.24) is 4.90 Å². The largest absolute Gasteiger partial charge is 0.346 e. The number of amides is 1. The Morgan fingerprint density at radius 3 is 2.53 bits per heavy atom. The van der Waals surface area contributed by atoms with Gasteiger partial charge in [-0.3, -0.25) is 4.79 Å². The molecule has 3 aliphatic rings. The Kier molecular flexibility index (Phi) is 3.34. The number of carbonyl (C=O) groups is 1. The molecule has 0 N–H and O–H groups in total. The number of likely N-dealkylation sites (tertiary alicyclic amines) is 1. The van der Waals surface area contributed by atoms with Crippen LogP contribution in [0.25, 0.3) is 0 Å². The minimum Gasteiger partial charge on any atom is -0.346 e. The average molecular weight is 267 g/mol. The van der Waals surface area contributed by atoms with E-state index < -0.39 is 5.79 Å². The maximum Gasteiger partial charge on any atom is 0.226 e. The van der Waals surface area contributed by atoms with E-state index in [0.717, 1.165) is 32.2 Å². The quantitative estimate of drug-likeness (QED) is 0.731. The topological polar surface area (TPSA) is 38.8 Å². The smallest absolute Gasteiger partial charge is 0.226 e. The molecule has 1 aliphatic carbocycles. The van der Waals surface area contributed by atoms with Gasteiger partial charge in [0.2, 0.25) is 5.91 Å². The molecule has 0 aromatic rings. The molecule has 1 spiro atoms. The maximum absolute atomic E-state index is 12.8. The molecule has 108 valence electrons. The van der Waals surface area contributed by atoms with Crippen LogP contribution in [0, 0.1) is 11.3 Å². The van der Waals surface area contributed by atoms with Crippen LogP contribution in [-0.4, -0.2) is 42.9 Å². The average Bonchev–Trinajstić information content (AvgIpc) is 2.95. The van der Waals surface area contributed by atoms with E-state index in [0.29, 0.717) is 25.7 Å². The second-order valence-electron chi connectivity index (χ2n) is 6.90. The minimum atomic E-state index is -0.489. The molecule has 0 aromatic carbocycles. The molecule has 4 heteroatoms. The highest BCUT2D eigenvalue weighted by Crippen LogP contribution is 2.44. The first-order valence-corrected chi connectivity index (χ1v) is 7.59. The number of rotatable bonds is 1. The molecule has 1 atom stereocenters. The second kappa shape index (κ2) is 4.74. The number of nitrogens with zero attached hydrogens (tertiary/aromatic N) is 1. The van der Waals surface area contributed by atoms with Crippen molar-refractivity contribution in [2.75, 3.05) is 26.3 Å². The van der Waals surface area contributed by atoms with Gasteiger partial charge in [0.15, 0.2) is 5.79 Å². The number of hydrogen-bond donors (Lipinski definition) is 0. The van der Waals surface area contributed by atoms with E-state index in [1.165, 1.54) is 6.42 Å². The van der Waals surface area contributed by atoms with Gasteiger partial charge in [0.25, 0.3) is 0 Å². The van der Waals surface area contributed by atoms with Crippen molar-refractivity contribution in [3.63, 3.8) is 0 Å². The molecule has 4 nitrogen and oxygen atoms in total. The highest BCUT2D eigenvalue weighted by Gasteiger charge is 2.46. The molecule has 2 aliphatic heterocycles. The fourth-order valence-electron chi connectivity index (χ4n) is 3.91. The van der Waals surface area contributed by atoms with Gasteiger partial charge in [-0.1, -0.05) is 20.3 Å². The SMILES string of the molecule is CC1(C)CCCC1C(=O)N1CCCC2(C1)OCCO2. The van der Waals surface area contributed by atoms with Crippen molar-refractivity contribution in [3.8, 4) is 0 Å². The summed E-state index contributed by atoms with van der Waals surface area (Å²) in [4.78, 5) is 14.8. The summed E-state index contributed by atoms with van der Waals surface area (Å²) >= 11 is 0. The number of hydrogen-bond acceptors (Lipinski definition) is 3. The Bertz CT molecular complexity index is 360. The Morgan fingerprint density at radius 1 is 1.16 bits per heavy atom. The van der Waals surface area contributed by atoms with Crippen LogP contribution >= 0.6 is 0 Å². The molecular weight excluding hydrogens is 242 g/mol. The Hall–Kier alpha value is -0.610. The van der Waals surface area contributed by atoms with Crippen molar-refractivity contribution in [1.29, 1.82) is 0 Å². The molecule has 0 bridgehead atoms. The number of ether oxygens (including phenoxy) is 2. The predicted octanol–water partition coefficient (Wildman–Crippen LogP) is 2.18.